The monoisotopic (exact) mass is 473 g/mol. The van der Waals surface area contributed by atoms with E-state index in [2.05, 4.69) is 37.6 Å². The van der Waals surface area contributed by atoms with Gasteiger partial charge in [0.05, 0.1) is 17.4 Å². The zero-order chi connectivity index (χ0) is 21.8. The van der Waals surface area contributed by atoms with Crippen LogP contribution in [0.2, 0.25) is 0 Å². The summed E-state index contributed by atoms with van der Waals surface area (Å²) >= 11 is 4.22. The fraction of sp³-hybridized carbons (Fsp3) is 0.250. The number of thioether (sulfide) groups is 1. The number of hydrogen-bond donors (Lipinski definition) is 1. The van der Waals surface area contributed by atoms with E-state index in [0.29, 0.717) is 26.5 Å². The third-order valence-electron chi connectivity index (χ3n) is 4.31. The molecule has 31 heavy (non-hydrogen) atoms. The second-order valence-corrected chi connectivity index (χ2v) is 9.62. The van der Waals surface area contributed by atoms with Crippen molar-refractivity contribution < 1.29 is 14.3 Å². The van der Waals surface area contributed by atoms with E-state index in [-0.39, 0.29) is 12.5 Å². The van der Waals surface area contributed by atoms with Crippen molar-refractivity contribution in [1.29, 1.82) is 0 Å². The van der Waals surface area contributed by atoms with Gasteiger partial charge in [-0.05, 0) is 18.1 Å². The number of fused-ring (bicyclic) bond motifs is 1. The first-order valence-electron chi connectivity index (χ1n) is 9.23. The minimum Gasteiger partial charge on any atom is -0.480 e. The molecule has 8 nitrogen and oxygen atoms in total. The first kappa shape index (κ1) is 21.6. The summed E-state index contributed by atoms with van der Waals surface area (Å²) in [4.78, 5) is 23.0. The van der Waals surface area contributed by atoms with E-state index in [9.17, 15) is 4.79 Å². The molecule has 11 heteroatoms. The Labute approximate surface area is 191 Å². The van der Waals surface area contributed by atoms with Crippen molar-refractivity contribution >= 4 is 55.7 Å². The lowest BCUT2D eigenvalue weighted by Gasteiger charge is -2.04. The summed E-state index contributed by atoms with van der Waals surface area (Å²) in [5.74, 6) is 1.47. The van der Waals surface area contributed by atoms with Gasteiger partial charge in [0.15, 0.2) is 10.2 Å². The third kappa shape index (κ3) is 4.85. The largest absolute Gasteiger partial charge is 0.480 e. The molecule has 0 fully saturated rings. The highest BCUT2D eigenvalue weighted by atomic mass is 32.2. The Bertz CT molecular complexity index is 1210. The number of carbonyl (C=O) groups excluding carboxylic acids is 1. The van der Waals surface area contributed by atoms with Crippen molar-refractivity contribution in [3.05, 3.63) is 52.2 Å². The van der Waals surface area contributed by atoms with E-state index in [1.165, 1.54) is 28.2 Å². The number of ether oxygens (including phenoxy) is 2. The Balaban J connectivity index is 1.51. The minimum absolute atomic E-state index is 0.258. The number of nitrogens with zero attached hydrogens (tertiary/aromatic N) is 4. The molecular weight excluding hydrogens is 454 g/mol. The van der Waals surface area contributed by atoms with Crippen LogP contribution in [0, 0.1) is 6.92 Å². The van der Waals surface area contributed by atoms with Crippen molar-refractivity contribution in [3.63, 3.8) is 0 Å². The number of methoxy groups -OCH3 is 2. The van der Waals surface area contributed by atoms with E-state index < -0.39 is 0 Å². The second-order valence-electron chi connectivity index (χ2n) is 6.42. The van der Waals surface area contributed by atoms with Crippen LogP contribution in [0.25, 0.3) is 10.2 Å². The molecule has 160 valence electrons. The van der Waals surface area contributed by atoms with Crippen molar-refractivity contribution in [2.24, 2.45) is 0 Å². The number of rotatable bonds is 8. The summed E-state index contributed by atoms with van der Waals surface area (Å²) in [6, 6.07) is 10.1. The fourth-order valence-electron chi connectivity index (χ4n) is 2.89. The lowest BCUT2D eigenvalue weighted by Crippen LogP contribution is -2.11. The highest BCUT2D eigenvalue weighted by Crippen LogP contribution is 2.36. The van der Waals surface area contributed by atoms with E-state index in [0.717, 1.165) is 21.0 Å². The highest BCUT2D eigenvalue weighted by molar-refractivity contribution is 8.00. The van der Waals surface area contributed by atoms with Gasteiger partial charge in [-0.3, -0.25) is 10.1 Å². The number of anilines is 1. The molecule has 0 atom stereocenters. The number of thiophene rings is 1. The normalized spacial score (nSPS) is 11.1. The average molecular weight is 474 g/mol. The number of benzene rings is 1. The van der Waals surface area contributed by atoms with Crippen molar-refractivity contribution in [2.45, 2.75) is 23.6 Å². The smallest absolute Gasteiger partial charge is 0.267 e. The van der Waals surface area contributed by atoms with Gasteiger partial charge in [-0.25, -0.2) is 4.98 Å². The number of nitrogens with one attached hydrogen (secondary N) is 1. The van der Waals surface area contributed by atoms with E-state index in [4.69, 9.17) is 9.47 Å². The van der Waals surface area contributed by atoms with Gasteiger partial charge in [-0.1, -0.05) is 53.4 Å². The summed E-state index contributed by atoms with van der Waals surface area (Å²) in [6.45, 7) is 2.12. The molecule has 0 aliphatic carbocycles. The molecular formula is C20H19N5O3S3. The number of amides is 1. The Morgan fingerprint density at radius 1 is 1.13 bits per heavy atom. The van der Waals surface area contributed by atoms with Crippen LogP contribution in [0.5, 0.6) is 5.88 Å². The quantitative estimate of drug-likeness (QED) is 0.294. The van der Waals surface area contributed by atoms with Gasteiger partial charge in [0.1, 0.15) is 11.4 Å². The molecule has 1 aromatic carbocycles. The molecule has 0 aliphatic rings. The van der Waals surface area contributed by atoms with Crippen LogP contribution in [0.3, 0.4) is 0 Å². The summed E-state index contributed by atoms with van der Waals surface area (Å²) in [6.07, 6.45) is 0. The molecule has 0 radical (unpaired) electrons. The Kier molecular flexibility index (Phi) is 6.76. The Morgan fingerprint density at radius 2 is 1.94 bits per heavy atom. The van der Waals surface area contributed by atoms with Crippen LogP contribution in [0.4, 0.5) is 5.13 Å². The SMILES string of the molecule is COCc1nc(OC)c2c(C)c(C(=O)Nc3nnc(SCc4ccccc4)s3)sc2n1. The summed E-state index contributed by atoms with van der Waals surface area (Å²) in [5, 5.41) is 12.3. The third-order valence-corrected chi connectivity index (χ3v) is 7.54. The van der Waals surface area contributed by atoms with Crippen LogP contribution in [0.15, 0.2) is 34.7 Å². The predicted molar refractivity (Wildman–Crippen MR) is 123 cm³/mol. The lowest BCUT2D eigenvalue weighted by atomic mass is 10.2. The molecule has 1 amide bonds. The Hall–Kier alpha value is -2.60. The van der Waals surface area contributed by atoms with Gasteiger partial charge in [-0.15, -0.1) is 21.5 Å². The van der Waals surface area contributed by atoms with Crippen LogP contribution < -0.4 is 10.1 Å². The van der Waals surface area contributed by atoms with E-state index in [1.807, 2.05) is 25.1 Å². The number of aromatic nitrogens is 4. The molecule has 0 aliphatic heterocycles. The van der Waals surface area contributed by atoms with Gasteiger partial charge < -0.3 is 9.47 Å². The van der Waals surface area contributed by atoms with E-state index in [1.54, 1.807) is 26.0 Å². The molecule has 3 aromatic heterocycles. The standard InChI is InChI=1S/C20H19N5O3S3/c1-11-14-17(28-3)21-13(9-27-2)22-18(14)30-15(11)16(26)23-19-24-25-20(31-19)29-10-12-7-5-4-6-8-12/h4-8H,9-10H2,1-3H3,(H,23,24,26). The first-order chi connectivity index (χ1) is 15.1. The predicted octanol–water partition coefficient (Wildman–Crippen LogP) is 4.55. The fourth-order valence-corrected chi connectivity index (χ4v) is 5.68. The van der Waals surface area contributed by atoms with Gasteiger partial charge in [0, 0.05) is 12.9 Å². The Morgan fingerprint density at radius 3 is 2.68 bits per heavy atom. The summed E-state index contributed by atoms with van der Waals surface area (Å²) in [5.41, 5.74) is 1.97. The second kappa shape index (κ2) is 9.69. The number of aryl methyl sites for hydroxylation is 1. The minimum atomic E-state index is -0.258. The maximum absolute atomic E-state index is 12.9. The molecule has 4 aromatic rings. The molecule has 4 rings (SSSR count). The lowest BCUT2D eigenvalue weighted by molar-refractivity contribution is 0.103. The van der Waals surface area contributed by atoms with Crippen molar-refractivity contribution in [1.82, 2.24) is 20.2 Å². The van der Waals surface area contributed by atoms with Gasteiger partial charge in [0.2, 0.25) is 11.0 Å². The van der Waals surface area contributed by atoms with Gasteiger partial charge in [-0.2, -0.15) is 4.98 Å². The molecule has 0 bridgehead atoms. The summed E-state index contributed by atoms with van der Waals surface area (Å²) < 4.78 is 11.3. The molecule has 0 saturated carbocycles. The highest BCUT2D eigenvalue weighted by Gasteiger charge is 2.22. The van der Waals surface area contributed by atoms with Crippen molar-refractivity contribution in [2.75, 3.05) is 19.5 Å². The topological polar surface area (TPSA) is 99.1 Å². The molecule has 0 spiro atoms. The maximum Gasteiger partial charge on any atom is 0.267 e. The van der Waals surface area contributed by atoms with Crippen LogP contribution in [0.1, 0.15) is 26.6 Å². The summed E-state index contributed by atoms with van der Waals surface area (Å²) in [7, 11) is 3.12. The molecule has 0 unspecified atom stereocenters. The van der Waals surface area contributed by atoms with Crippen LogP contribution in [-0.4, -0.2) is 40.3 Å². The van der Waals surface area contributed by atoms with Crippen LogP contribution in [-0.2, 0) is 17.1 Å². The van der Waals surface area contributed by atoms with Gasteiger partial charge in [0.25, 0.3) is 5.91 Å². The maximum atomic E-state index is 12.9. The zero-order valence-corrected chi connectivity index (χ0v) is 19.5. The first-order valence-corrected chi connectivity index (χ1v) is 11.9. The molecule has 0 saturated heterocycles. The average Bonchev–Trinajstić information content (AvgIpc) is 3.36. The van der Waals surface area contributed by atoms with Gasteiger partial charge >= 0.3 is 0 Å². The van der Waals surface area contributed by atoms with Crippen molar-refractivity contribution in [3.8, 4) is 5.88 Å². The number of hydrogen-bond acceptors (Lipinski definition) is 10. The molecule has 1 N–H and O–H groups in total. The van der Waals surface area contributed by atoms with E-state index >= 15 is 0 Å². The number of carbonyl (C=O) groups is 1. The van der Waals surface area contributed by atoms with Crippen LogP contribution >= 0.6 is 34.4 Å². The zero-order valence-electron chi connectivity index (χ0n) is 17.0. The molecule has 3 heterocycles.